The predicted octanol–water partition coefficient (Wildman–Crippen LogP) is -0.0520. The number of carbonyl (C=O) groups excluding carboxylic acids is 2. The van der Waals surface area contributed by atoms with E-state index in [1.807, 2.05) is 13.8 Å². The third-order valence-corrected chi connectivity index (χ3v) is 2.35. The van der Waals surface area contributed by atoms with Crippen molar-refractivity contribution < 1.29 is 9.59 Å². The van der Waals surface area contributed by atoms with Crippen LogP contribution < -0.4 is 5.32 Å². The highest BCUT2D eigenvalue weighted by atomic mass is 35.5. The van der Waals surface area contributed by atoms with Gasteiger partial charge >= 0.3 is 0 Å². The largest absolute Gasteiger partial charge is 0.343 e. The van der Waals surface area contributed by atoms with E-state index >= 15 is 0 Å². The Kier molecular flexibility index (Phi) is 3.46. The average molecular weight is 218 g/mol. The number of guanidine groups is 1. The number of hydrogen-bond donors (Lipinski definition) is 1. The van der Waals surface area contributed by atoms with Crippen LogP contribution in [0, 0.1) is 0 Å². The van der Waals surface area contributed by atoms with E-state index in [-0.39, 0.29) is 0 Å². The Hall–Kier alpha value is -1.10. The van der Waals surface area contributed by atoms with Crippen molar-refractivity contribution in [3.63, 3.8) is 0 Å². The van der Waals surface area contributed by atoms with Crippen molar-refractivity contribution in [3.8, 4) is 0 Å². The first-order valence-electron chi connectivity index (χ1n) is 4.42. The van der Waals surface area contributed by atoms with Crippen molar-refractivity contribution in [1.82, 2.24) is 10.2 Å². The van der Waals surface area contributed by atoms with Crippen LogP contribution in [0.3, 0.4) is 0 Å². The number of nitrogens with one attached hydrogen (secondary N) is 1. The smallest absolute Gasteiger partial charge is 0.276 e. The molecule has 0 aliphatic carbocycles. The zero-order chi connectivity index (χ0) is 10.7. The summed E-state index contributed by atoms with van der Waals surface area (Å²) in [5.41, 5.74) is 0. The maximum absolute atomic E-state index is 11.2. The molecule has 1 rings (SSSR count). The number of amides is 2. The Morgan fingerprint density at radius 3 is 2.43 bits per heavy atom. The molecule has 0 aromatic carbocycles. The summed E-state index contributed by atoms with van der Waals surface area (Å²) in [6.45, 7) is 5.18. The second kappa shape index (κ2) is 4.41. The molecule has 1 heterocycles. The fourth-order valence-electron chi connectivity index (χ4n) is 1.15. The molecule has 0 aromatic heterocycles. The summed E-state index contributed by atoms with van der Waals surface area (Å²) in [7, 11) is 0. The first kappa shape index (κ1) is 11.0. The summed E-state index contributed by atoms with van der Waals surface area (Å²) in [6, 6.07) is 0. The second-order valence-electron chi connectivity index (χ2n) is 2.80. The van der Waals surface area contributed by atoms with Crippen LogP contribution in [0.1, 0.15) is 13.8 Å². The zero-order valence-electron chi connectivity index (χ0n) is 8.08. The number of carbonyl (C=O) groups is 2. The normalized spacial score (nSPS) is 21.6. The number of hydrogen-bond acceptors (Lipinski definition) is 3. The van der Waals surface area contributed by atoms with Gasteiger partial charge < -0.3 is 4.90 Å². The van der Waals surface area contributed by atoms with Gasteiger partial charge in [0.25, 0.3) is 11.8 Å². The van der Waals surface area contributed by atoms with Crippen LogP contribution >= 0.6 is 11.6 Å². The molecule has 1 atom stereocenters. The molecule has 14 heavy (non-hydrogen) atoms. The number of alkyl halides is 1. The third kappa shape index (κ3) is 2.04. The minimum Gasteiger partial charge on any atom is -0.343 e. The molecule has 1 unspecified atom stereocenters. The van der Waals surface area contributed by atoms with Gasteiger partial charge in [0.1, 0.15) is 0 Å². The Morgan fingerprint density at radius 1 is 1.43 bits per heavy atom. The van der Waals surface area contributed by atoms with E-state index in [0.29, 0.717) is 19.0 Å². The van der Waals surface area contributed by atoms with E-state index in [9.17, 15) is 9.59 Å². The molecule has 2 amide bonds. The summed E-state index contributed by atoms with van der Waals surface area (Å²) in [5.74, 6) is -0.812. The summed E-state index contributed by atoms with van der Waals surface area (Å²) in [4.78, 5) is 27.8. The molecule has 6 heteroatoms. The van der Waals surface area contributed by atoms with Gasteiger partial charge in [0, 0.05) is 13.1 Å². The van der Waals surface area contributed by atoms with Crippen LogP contribution in [-0.4, -0.2) is 41.1 Å². The lowest BCUT2D eigenvalue weighted by Crippen LogP contribution is -2.52. The summed E-state index contributed by atoms with van der Waals surface area (Å²) in [5, 5.41) is 1.30. The summed E-state index contributed by atoms with van der Waals surface area (Å²) in [6.07, 6.45) is 0. The monoisotopic (exact) mass is 217 g/mol. The fourth-order valence-corrected chi connectivity index (χ4v) is 1.25. The molecular formula is C8H12ClN3O2. The molecule has 0 saturated carbocycles. The average Bonchev–Trinajstić information content (AvgIpc) is 2.16. The van der Waals surface area contributed by atoms with E-state index in [0.717, 1.165) is 0 Å². The minimum atomic E-state index is -1.19. The zero-order valence-corrected chi connectivity index (χ0v) is 8.84. The quantitative estimate of drug-likeness (QED) is 0.521. The Bertz CT molecular complexity index is 286. The van der Waals surface area contributed by atoms with Gasteiger partial charge in [-0.3, -0.25) is 14.9 Å². The molecule has 5 nitrogen and oxygen atoms in total. The van der Waals surface area contributed by atoms with Crippen LogP contribution in [0.25, 0.3) is 0 Å². The number of halogens is 1. The molecule has 0 saturated heterocycles. The topological polar surface area (TPSA) is 61.8 Å². The van der Waals surface area contributed by atoms with Gasteiger partial charge in [-0.05, 0) is 13.8 Å². The first-order chi connectivity index (χ1) is 6.60. The van der Waals surface area contributed by atoms with Crippen molar-refractivity contribution in [2.75, 3.05) is 13.1 Å². The van der Waals surface area contributed by atoms with Crippen LogP contribution in [-0.2, 0) is 9.59 Å². The van der Waals surface area contributed by atoms with Crippen molar-refractivity contribution in [2.24, 2.45) is 4.99 Å². The number of rotatable bonds is 2. The lowest BCUT2D eigenvalue weighted by atomic mass is 10.3. The molecule has 0 radical (unpaired) electrons. The minimum absolute atomic E-state index is 0.293. The maximum Gasteiger partial charge on any atom is 0.276 e. The summed E-state index contributed by atoms with van der Waals surface area (Å²) < 4.78 is 0. The van der Waals surface area contributed by atoms with E-state index in [1.54, 1.807) is 4.90 Å². The van der Waals surface area contributed by atoms with E-state index in [4.69, 9.17) is 11.6 Å². The highest BCUT2D eigenvalue weighted by molar-refractivity contribution is 6.44. The lowest BCUT2D eigenvalue weighted by molar-refractivity contribution is -0.127. The molecule has 1 N–H and O–H groups in total. The van der Waals surface area contributed by atoms with Crippen molar-refractivity contribution in [3.05, 3.63) is 0 Å². The molecule has 0 bridgehead atoms. The van der Waals surface area contributed by atoms with Crippen molar-refractivity contribution >= 4 is 29.4 Å². The van der Waals surface area contributed by atoms with E-state index in [2.05, 4.69) is 10.3 Å². The molecular weight excluding hydrogens is 206 g/mol. The van der Waals surface area contributed by atoms with Gasteiger partial charge in [-0.2, -0.15) is 4.99 Å². The Balaban J connectivity index is 2.86. The number of aliphatic imine (C=N–C) groups is 1. The third-order valence-electron chi connectivity index (χ3n) is 1.96. The standard InChI is InChI=1S/C8H12ClN3O2/c1-3-12(4-2)8-10-6(13)5(9)7(14)11-8/h5H,3-4H2,1-2H3,(H,10,11,13,14). The highest BCUT2D eigenvalue weighted by Crippen LogP contribution is 2.05. The van der Waals surface area contributed by atoms with Crippen LogP contribution in [0.5, 0.6) is 0 Å². The van der Waals surface area contributed by atoms with Gasteiger partial charge in [0.15, 0.2) is 5.38 Å². The Labute approximate surface area is 87.1 Å². The van der Waals surface area contributed by atoms with E-state index in [1.165, 1.54) is 0 Å². The highest BCUT2D eigenvalue weighted by Gasteiger charge is 2.31. The van der Waals surface area contributed by atoms with Gasteiger partial charge in [-0.1, -0.05) is 0 Å². The van der Waals surface area contributed by atoms with Crippen molar-refractivity contribution in [1.29, 1.82) is 0 Å². The molecule has 1 aliphatic rings. The van der Waals surface area contributed by atoms with Gasteiger partial charge in [0.05, 0.1) is 0 Å². The Morgan fingerprint density at radius 2 is 2.00 bits per heavy atom. The van der Waals surface area contributed by atoms with Crippen LogP contribution in [0.2, 0.25) is 0 Å². The summed E-state index contributed by atoms with van der Waals surface area (Å²) >= 11 is 5.49. The fraction of sp³-hybridized carbons (Fsp3) is 0.625. The predicted molar refractivity (Wildman–Crippen MR) is 53.1 cm³/mol. The van der Waals surface area contributed by atoms with E-state index < -0.39 is 17.2 Å². The first-order valence-corrected chi connectivity index (χ1v) is 4.86. The van der Waals surface area contributed by atoms with Crippen molar-refractivity contribution in [2.45, 2.75) is 19.2 Å². The number of nitrogens with zero attached hydrogens (tertiary/aromatic N) is 2. The maximum atomic E-state index is 11.2. The van der Waals surface area contributed by atoms with Crippen LogP contribution in [0.15, 0.2) is 4.99 Å². The molecule has 78 valence electrons. The van der Waals surface area contributed by atoms with Gasteiger partial charge in [0.2, 0.25) is 5.96 Å². The molecule has 1 aliphatic heterocycles. The molecule has 0 fully saturated rings. The second-order valence-corrected chi connectivity index (χ2v) is 3.23. The molecule has 0 aromatic rings. The lowest BCUT2D eigenvalue weighted by Gasteiger charge is -2.25. The SMILES string of the molecule is CCN(CC)C1=NC(=O)C(Cl)C(=O)N1. The van der Waals surface area contributed by atoms with Gasteiger partial charge in [-0.15, -0.1) is 11.6 Å². The van der Waals surface area contributed by atoms with Gasteiger partial charge in [-0.25, -0.2) is 0 Å². The molecule has 0 spiro atoms. The van der Waals surface area contributed by atoms with Crippen LogP contribution in [0.4, 0.5) is 0 Å².